The molecule has 8 N–H and O–H groups in total. The number of amides is 6. The fourth-order valence-electron chi connectivity index (χ4n) is 7.25. The van der Waals surface area contributed by atoms with Crippen LogP contribution in [0.5, 0.6) is 0 Å². The predicted molar refractivity (Wildman–Crippen MR) is 269 cm³/mol. The van der Waals surface area contributed by atoms with Crippen LogP contribution in [0.4, 0.5) is 64.3 Å². The average Bonchev–Trinajstić information content (AvgIpc) is 4.04. The van der Waals surface area contributed by atoms with E-state index in [1.807, 2.05) is 69.5 Å². The van der Waals surface area contributed by atoms with Crippen molar-refractivity contribution in [3.8, 4) is 0 Å². The van der Waals surface area contributed by atoms with E-state index in [0.29, 0.717) is 84.2 Å². The number of alkyl carbamates (subject to hydrolysis) is 2. The first kappa shape index (κ1) is 52.6. The number of aromatic nitrogens is 6. The minimum Gasteiger partial charge on any atom is -0.444 e. The van der Waals surface area contributed by atoms with E-state index in [2.05, 4.69) is 47.1 Å². The fraction of sp³-hybridized carbons (Fsp3) is 0.511. The first-order valence-corrected chi connectivity index (χ1v) is 23.2. The molecule has 5 aromatic rings. The summed E-state index contributed by atoms with van der Waals surface area (Å²) < 4.78 is 24.4. The second-order valence-electron chi connectivity index (χ2n) is 21.0. The van der Waals surface area contributed by atoms with Crippen LogP contribution in [0.15, 0.2) is 54.9 Å². The minimum absolute atomic E-state index is 0.0857. The summed E-state index contributed by atoms with van der Waals surface area (Å²) in [4.78, 5) is 75.3. The Morgan fingerprint density at radius 3 is 1.45 bits per heavy atom. The molecule has 2 fully saturated rings. The summed E-state index contributed by atoms with van der Waals surface area (Å²) in [5.41, 5.74) is 5.59. The molecule has 24 heteroatoms. The van der Waals surface area contributed by atoms with Crippen molar-refractivity contribution in [1.29, 1.82) is 0 Å². The molecule has 384 valence electrons. The number of para-hydroxylation sites is 1. The zero-order chi connectivity index (χ0) is 52.1. The Balaban J connectivity index is 0.000000240. The number of hydrogen-bond donors (Lipinski definition) is 7. The monoisotopic (exact) mass is 986 g/mol. The number of nitrogens with two attached hydrogens (primary N) is 1. The van der Waals surface area contributed by atoms with Gasteiger partial charge < -0.3 is 55.7 Å². The number of nitrogen functional groups attached to an aromatic ring is 1. The number of anilines is 7. The lowest BCUT2D eigenvalue weighted by Crippen LogP contribution is -2.40. The van der Waals surface area contributed by atoms with Crippen LogP contribution in [0.25, 0.3) is 11.3 Å². The number of nitrogens with one attached hydrogen (secondary N) is 6. The highest BCUT2D eigenvalue weighted by Gasteiger charge is 2.31. The van der Waals surface area contributed by atoms with Crippen LogP contribution in [-0.4, -0.2) is 120 Å². The van der Waals surface area contributed by atoms with Crippen LogP contribution in [0.1, 0.15) is 95.9 Å². The van der Waals surface area contributed by atoms with Crippen LogP contribution in [0, 0.1) is 0 Å². The lowest BCUT2D eigenvalue weighted by Gasteiger charge is -2.23. The SMILES string of the molecule is CC(C)(C)OC(=O)Nc1cc(N2CC[C@H](NC(=O)OC(C)(C)C)C2)nc2c(N)cnn12.CC(C)(C)OC(=O)Nc1cc(N2CC[C@H](NC(=O)OC(C)(C)C)C2)nc2c(NC(=O)Nc3ccccc3)cnn12. The predicted octanol–water partition coefficient (Wildman–Crippen LogP) is 7.59. The molecule has 24 nitrogen and oxygen atoms in total. The van der Waals surface area contributed by atoms with Crippen molar-refractivity contribution in [2.75, 3.05) is 63.0 Å². The van der Waals surface area contributed by atoms with E-state index < -0.39 is 52.8 Å². The number of carbonyl (C=O) groups excluding carboxylic acids is 5. The highest BCUT2D eigenvalue weighted by Crippen LogP contribution is 2.29. The Hall–Kier alpha value is -7.79. The third-order valence-electron chi connectivity index (χ3n) is 9.95. The van der Waals surface area contributed by atoms with E-state index in [9.17, 15) is 24.0 Å². The van der Waals surface area contributed by atoms with Gasteiger partial charge in [0.1, 0.15) is 51.4 Å². The van der Waals surface area contributed by atoms with Crippen molar-refractivity contribution in [3.05, 3.63) is 54.9 Å². The van der Waals surface area contributed by atoms with Gasteiger partial charge in [-0.2, -0.15) is 19.2 Å². The summed E-state index contributed by atoms with van der Waals surface area (Å²) >= 11 is 0. The smallest absolute Gasteiger partial charge is 0.413 e. The third kappa shape index (κ3) is 15.6. The molecule has 6 amide bonds. The Bertz CT molecular complexity index is 2720. The van der Waals surface area contributed by atoms with Gasteiger partial charge in [0.05, 0.1) is 30.2 Å². The molecule has 2 aliphatic rings. The minimum atomic E-state index is -0.707. The van der Waals surface area contributed by atoms with E-state index in [0.717, 1.165) is 6.42 Å². The molecule has 4 aromatic heterocycles. The molecule has 2 saturated heterocycles. The molecule has 6 heterocycles. The van der Waals surface area contributed by atoms with Gasteiger partial charge in [-0.15, -0.1) is 0 Å². The van der Waals surface area contributed by atoms with Crippen molar-refractivity contribution in [1.82, 2.24) is 39.8 Å². The van der Waals surface area contributed by atoms with Gasteiger partial charge in [0.15, 0.2) is 11.3 Å². The number of nitrogens with zero attached hydrogens (tertiary/aromatic N) is 8. The van der Waals surface area contributed by atoms with Gasteiger partial charge in [0, 0.05) is 44.0 Å². The molecule has 0 radical (unpaired) electrons. The molecule has 0 saturated carbocycles. The molecular formula is C47H67N15O9. The molecule has 0 aliphatic carbocycles. The number of hydrogen-bond acceptors (Lipinski definition) is 16. The number of rotatable bonds is 8. The lowest BCUT2D eigenvalue weighted by molar-refractivity contribution is 0.0497. The zero-order valence-corrected chi connectivity index (χ0v) is 42.4. The number of fused-ring (bicyclic) bond motifs is 2. The number of benzene rings is 1. The highest BCUT2D eigenvalue weighted by atomic mass is 16.6. The van der Waals surface area contributed by atoms with E-state index in [1.165, 1.54) is 21.4 Å². The molecular weight excluding hydrogens is 919 g/mol. The van der Waals surface area contributed by atoms with Crippen LogP contribution >= 0.6 is 0 Å². The molecule has 0 spiro atoms. The normalized spacial score (nSPS) is 16.1. The third-order valence-corrected chi connectivity index (χ3v) is 9.95. The van der Waals surface area contributed by atoms with Crippen molar-refractivity contribution in [2.24, 2.45) is 0 Å². The van der Waals surface area contributed by atoms with Gasteiger partial charge in [-0.3, -0.25) is 10.6 Å². The summed E-state index contributed by atoms with van der Waals surface area (Å²) in [6, 6.07) is 11.7. The van der Waals surface area contributed by atoms with E-state index in [1.54, 1.807) is 65.8 Å². The van der Waals surface area contributed by atoms with E-state index in [4.69, 9.17) is 29.7 Å². The maximum Gasteiger partial charge on any atom is 0.413 e. The van der Waals surface area contributed by atoms with Gasteiger partial charge >= 0.3 is 30.4 Å². The van der Waals surface area contributed by atoms with Gasteiger partial charge in [-0.25, -0.2) is 33.9 Å². The molecule has 0 bridgehead atoms. The molecule has 1 aromatic carbocycles. The number of ether oxygens (including phenoxy) is 4. The second kappa shape index (κ2) is 21.1. The topological polar surface area (TPSA) is 287 Å². The maximum absolute atomic E-state index is 12.7. The van der Waals surface area contributed by atoms with Gasteiger partial charge in [0.25, 0.3) is 0 Å². The lowest BCUT2D eigenvalue weighted by atomic mass is 10.2. The second-order valence-corrected chi connectivity index (χ2v) is 21.0. The van der Waals surface area contributed by atoms with Crippen molar-refractivity contribution in [2.45, 2.75) is 130 Å². The van der Waals surface area contributed by atoms with Crippen LogP contribution < -0.4 is 47.4 Å². The van der Waals surface area contributed by atoms with Crippen molar-refractivity contribution in [3.63, 3.8) is 0 Å². The quantitative estimate of drug-likeness (QED) is 0.0737. The zero-order valence-electron chi connectivity index (χ0n) is 42.4. The van der Waals surface area contributed by atoms with Crippen molar-refractivity contribution < 1.29 is 42.9 Å². The Morgan fingerprint density at radius 2 is 0.986 bits per heavy atom. The summed E-state index contributed by atoms with van der Waals surface area (Å²) in [5, 5.41) is 25.3. The van der Waals surface area contributed by atoms with Gasteiger partial charge in [0.2, 0.25) is 0 Å². The fourth-order valence-corrected chi connectivity index (χ4v) is 7.25. The van der Waals surface area contributed by atoms with Crippen LogP contribution in [0.3, 0.4) is 0 Å². The Labute approximate surface area is 412 Å². The molecule has 0 unspecified atom stereocenters. The summed E-state index contributed by atoms with van der Waals surface area (Å²) in [6.45, 7) is 23.8. The Kier molecular flexibility index (Phi) is 15.6. The molecule has 2 atom stereocenters. The summed E-state index contributed by atoms with van der Waals surface area (Å²) in [7, 11) is 0. The Morgan fingerprint density at radius 1 is 0.563 bits per heavy atom. The van der Waals surface area contributed by atoms with Gasteiger partial charge in [-0.1, -0.05) is 18.2 Å². The largest absolute Gasteiger partial charge is 0.444 e. The van der Waals surface area contributed by atoms with Gasteiger partial charge in [-0.05, 0) is 108 Å². The molecule has 71 heavy (non-hydrogen) atoms. The summed E-state index contributed by atoms with van der Waals surface area (Å²) in [6.07, 6.45) is 2.13. The van der Waals surface area contributed by atoms with E-state index >= 15 is 0 Å². The van der Waals surface area contributed by atoms with Crippen LogP contribution in [0.2, 0.25) is 0 Å². The molecule has 2 aliphatic heterocycles. The molecule has 7 rings (SSSR count). The van der Waals surface area contributed by atoms with E-state index in [-0.39, 0.29) is 12.1 Å². The van der Waals surface area contributed by atoms with Crippen molar-refractivity contribution >= 4 is 82.0 Å². The highest BCUT2D eigenvalue weighted by molar-refractivity contribution is 6.02. The first-order valence-electron chi connectivity index (χ1n) is 23.2. The van der Waals surface area contributed by atoms with Crippen LogP contribution in [-0.2, 0) is 18.9 Å². The number of carbonyl (C=O) groups is 5. The average molecular weight is 986 g/mol. The summed E-state index contributed by atoms with van der Waals surface area (Å²) in [5.74, 6) is 1.82. The maximum atomic E-state index is 12.7. The number of urea groups is 1. The first-order chi connectivity index (χ1) is 33.1. The standard InChI is InChI=1S/C27H36N8O5.C20H31N7O4/c1-26(2,3)39-24(37)30-18-12-13-34(16-18)20-14-21(33-25(38)40-27(4,5)6)35-22(32-20)19(15-28-35)31-23(36)29-17-10-8-7-9-11-17;1-19(2,3)30-17(28)23-12-7-8-26(11-12)14-9-15(25-18(29)31-20(4,5)6)27-16(24-14)13(21)10-22-27/h7-11,14-15,18H,12-13,16H2,1-6H3,(H,30,37)(H,33,38)(H2,29,31,36);9-10,12H,7-8,11,21H2,1-6H3,(H,23,28)(H,25,29)/t18-;12-/m00/s1.